The average Bonchev–Trinajstić information content (AvgIpc) is 2.39. The molecule has 0 fully saturated rings. The molecule has 2 rings (SSSR count). The van der Waals surface area contributed by atoms with Gasteiger partial charge in [-0.05, 0) is 24.1 Å². The monoisotopic (exact) mass is 247 g/mol. The van der Waals surface area contributed by atoms with Crippen molar-refractivity contribution in [2.24, 2.45) is 0 Å². The Morgan fingerprint density at radius 1 is 1.24 bits per heavy atom. The van der Waals surface area contributed by atoms with E-state index in [9.17, 15) is 0 Å². The second-order valence-electron chi connectivity index (χ2n) is 3.74. The van der Waals surface area contributed by atoms with Crippen LogP contribution in [0.3, 0.4) is 0 Å². The number of halogens is 1. The van der Waals surface area contributed by atoms with Gasteiger partial charge in [-0.25, -0.2) is 4.98 Å². The van der Waals surface area contributed by atoms with Crippen molar-refractivity contribution in [3.05, 3.63) is 58.7 Å². The lowest BCUT2D eigenvalue weighted by molar-refractivity contribution is 0.294. The van der Waals surface area contributed by atoms with Gasteiger partial charge in [-0.15, -0.1) is 0 Å². The van der Waals surface area contributed by atoms with Crippen LogP contribution in [0.5, 0.6) is 5.88 Å². The van der Waals surface area contributed by atoms with Crippen molar-refractivity contribution in [2.75, 3.05) is 0 Å². The lowest BCUT2D eigenvalue weighted by Gasteiger charge is -2.08. The number of pyridine rings is 1. The number of rotatable bonds is 4. The molecule has 0 amide bonds. The Hall–Kier alpha value is -1.54. The lowest BCUT2D eigenvalue weighted by atomic mass is 10.1. The second-order valence-corrected chi connectivity index (χ2v) is 4.14. The molecule has 0 spiro atoms. The summed E-state index contributed by atoms with van der Waals surface area (Å²) in [4.78, 5) is 4.10. The van der Waals surface area contributed by atoms with Crippen molar-refractivity contribution >= 4 is 11.6 Å². The summed E-state index contributed by atoms with van der Waals surface area (Å²) >= 11 is 6.12. The van der Waals surface area contributed by atoms with Crippen LogP contribution in [0.4, 0.5) is 0 Å². The van der Waals surface area contributed by atoms with E-state index in [1.807, 2.05) is 30.3 Å². The molecule has 1 heterocycles. The van der Waals surface area contributed by atoms with E-state index in [0.717, 1.165) is 17.0 Å². The van der Waals surface area contributed by atoms with Crippen molar-refractivity contribution in [1.82, 2.24) is 4.98 Å². The third-order valence-corrected chi connectivity index (χ3v) is 2.90. The van der Waals surface area contributed by atoms with Crippen LogP contribution in [0.2, 0.25) is 5.02 Å². The van der Waals surface area contributed by atoms with E-state index in [0.29, 0.717) is 12.5 Å². The normalized spacial score (nSPS) is 10.2. The molecular weight excluding hydrogens is 234 g/mol. The maximum absolute atomic E-state index is 6.12. The molecule has 0 unspecified atom stereocenters. The van der Waals surface area contributed by atoms with E-state index >= 15 is 0 Å². The molecule has 0 N–H and O–H groups in total. The number of aryl methyl sites for hydroxylation is 1. The predicted octanol–water partition coefficient (Wildman–Crippen LogP) is 3.88. The summed E-state index contributed by atoms with van der Waals surface area (Å²) < 4.78 is 5.58. The molecule has 0 radical (unpaired) electrons. The van der Waals surface area contributed by atoms with E-state index in [4.69, 9.17) is 16.3 Å². The van der Waals surface area contributed by atoms with Crippen LogP contribution in [-0.4, -0.2) is 4.98 Å². The summed E-state index contributed by atoms with van der Waals surface area (Å²) in [6, 6.07) is 11.6. The third-order valence-electron chi connectivity index (χ3n) is 2.53. The molecular formula is C14H14ClNO. The molecule has 0 bridgehead atoms. The molecule has 2 nitrogen and oxygen atoms in total. The molecule has 1 aromatic heterocycles. The van der Waals surface area contributed by atoms with Crippen LogP contribution in [0.15, 0.2) is 42.6 Å². The van der Waals surface area contributed by atoms with Gasteiger partial charge < -0.3 is 4.74 Å². The topological polar surface area (TPSA) is 22.1 Å². The highest BCUT2D eigenvalue weighted by atomic mass is 35.5. The molecule has 2 aromatic rings. The predicted molar refractivity (Wildman–Crippen MR) is 69.4 cm³/mol. The summed E-state index contributed by atoms with van der Waals surface area (Å²) in [5.74, 6) is 0.616. The van der Waals surface area contributed by atoms with Gasteiger partial charge in [0.05, 0.1) is 0 Å². The maximum atomic E-state index is 6.12. The van der Waals surface area contributed by atoms with Crippen LogP contribution in [0.1, 0.15) is 18.1 Å². The van der Waals surface area contributed by atoms with Crippen molar-refractivity contribution in [2.45, 2.75) is 20.0 Å². The minimum absolute atomic E-state index is 0.448. The fourth-order valence-electron chi connectivity index (χ4n) is 1.54. The maximum Gasteiger partial charge on any atom is 0.213 e. The third kappa shape index (κ3) is 3.21. The smallest absolute Gasteiger partial charge is 0.213 e. The minimum atomic E-state index is 0.448. The lowest BCUT2D eigenvalue weighted by Crippen LogP contribution is -1.98. The van der Waals surface area contributed by atoms with Crippen molar-refractivity contribution in [3.8, 4) is 5.88 Å². The van der Waals surface area contributed by atoms with Crippen molar-refractivity contribution in [3.63, 3.8) is 0 Å². The summed E-state index contributed by atoms with van der Waals surface area (Å²) in [7, 11) is 0. The Kier molecular flexibility index (Phi) is 3.99. The Labute approximate surface area is 106 Å². The molecule has 0 saturated heterocycles. The van der Waals surface area contributed by atoms with Crippen LogP contribution < -0.4 is 4.74 Å². The average molecular weight is 248 g/mol. The summed E-state index contributed by atoms with van der Waals surface area (Å²) in [5, 5.41) is 0.734. The number of aromatic nitrogens is 1. The first-order valence-electron chi connectivity index (χ1n) is 5.60. The van der Waals surface area contributed by atoms with Gasteiger partial charge in [0.2, 0.25) is 5.88 Å². The summed E-state index contributed by atoms with van der Waals surface area (Å²) in [6.07, 6.45) is 2.70. The molecule has 88 valence electrons. The van der Waals surface area contributed by atoms with Crippen LogP contribution >= 0.6 is 11.6 Å². The highest BCUT2D eigenvalue weighted by molar-refractivity contribution is 6.31. The van der Waals surface area contributed by atoms with Crippen LogP contribution in [0.25, 0.3) is 0 Å². The first kappa shape index (κ1) is 11.9. The Morgan fingerprint density at radius 3 is 2.82 bits per heavy atom. The first-order chi connectivity index (χ1) is 8.29. The molecule has 0 aliphatic carbocycles. The van der Waals surface area contributed by atoms with E-state index in [-0.39, 0.29) is 0 Å². The minimum Gasteiger partial charge on any atom is -0.473 e. The van der Waals surface area contributed by atoms with Gasteiger partial charge in [-0.2, -0.15) is 0 Å². The van der Waals surface area contributed by atoms with Gasteiger partial charge >= 0.3 is 0 Å². The van der Waals surface area contributed by atoms with Crippen LogP contribution in [-0.2, 0) is 13.0 Å². The number of hydrogen-bond acceptors (Lipinski definition) is 2. The molecule has 0 saturated carbocycles. The molecule has 1 aromatic carbocycles. The number of hydrogen-bond donors (Lipinski definition) is 0. The number of benzene rings is 1. The number of nitrogens with zero attached hydrogens (tertiary/aromatic N) is 1. The second kappa shape index (κ2) is 5.69. The molecule has 0 atom stereocenters. The molecule has 17 heavy (non-hydrogen) atoms. The zero-order chi connectivity index (χ0) is 12.1. The van der Waals surface area contributed by atoms with Gasteiger partial charge in [0.25, 0.3) is 0 Å². The molecule has 0 aliphatic rings. The SMILES string of the molecule is CCc1ccc(Cl)c(COc2ccccn2)c1. The standard InChI is InChI=1S/C14H14ClNO/c1-2-11-6-7-13(15)12(9-11)10-17-14-5-3-4-8-16-14/h3-9H,2,10H2,1H3. The fraction of sp³-hybridized carbons (Fsp3) is 0.214. The van der Waals surface area contributed by atoms with Crippen molar-refractivity contribution < 1.29 is 4.74 Å². The summed E-state index contributed by atoms with van der Waals surface area (Å²) in [5.41, 5.74) is 2.26. The van der Waals surface area contributed by atoms with Crippen LogP contribution in [0, 0.1) is 0 Å². The largest absolute Gasteiger partial charge is 0.473 e. The quantitative estimate of drug-likeness (QED) is 0.818. The Balaban J connectivity index is 2.08. The van der Waals surface area contributed by atoms with Gasteiger partial charge in [-0.1, -0.05) is 36.7 Å². The van der Waals surface area contributed by atoms with E-state index < -0.39 is 0 Å². The highest BCUT2D eigenvalue weighted by Gasteiger charge is 2.03. The molecule has 0 aliphatic heterocycles. The summed E-state index contributed by atoms with van der Waals surface area (Å²) in [6.45, 7) is 2.57. The highest BCUT2D eigenvalue weighted by Crippen LogP contribution is 2.19. The van der Waals surface area contributed by atoms with E-state index in [2.05, 4.69) is 18.0 Å². The molecule has 3 heteroatoms. The van der Waals surface area contributed by atoms with Gasteiger partial charge in [-0.3, -0.25) is 0 Å². The first-order valence-corrected chi connectivity index (χ1v) is 5.98. The fourth-order valence-corrected chi connectivity index (χ4v) is 1.71. The zero-order valence-corrected chi connectivity index (χ0v) is 10.4. The van der Waals surface area contributed by atoms with Gasteiger partial charge in [0.1, 0.15) is 6.61 Å². The van der Waals surface area contributed by atoms with Gasteiger partial charge in [0.15, 0.2) is 0 Å². The van der Waals surface area contributed by atoms with Crippen molar-refractivity contribution in [1.29, 1.82) is 0 Å². The number of ether oxygens (including phenoxy) is 1. The Morgan fingerprint density at radius 2 is 2.12 bits per heavy atom. The Bertz CT molecular complexity index is 485. The van der Waals surface area contributed by atoms with E-state index in [1.54, 1.807) is 6.20 Å². The van der Waals surface area contributed by atoms with E-state index in [1.165, 1.54) is 5.56 Å². The van der Waals surface area contributed by atoms with Gasteiger partial charge in [0, 0.05) is 22.8 Å². The zero-order valence-electron chi connectivity index (χ0n) is 9.69.